The second-order valence-electron chi connectivity index (χ2n) is 5.73. The number of benzene rings is 1. The van der Waals surface area contributed by atoms with Gasteiger partial charge in [0.15, 0.2) is 0 Å². The minimum absolute atomic E-state index is 0.0405. The number of carbonyl (C=O) groups is 1. The van der Waals surface area contributed by atoms with Gasteiger partial charge in [-0.3, -0.25) is 4.79 Å². The lowest BCUT2D eigenvalue weighted by molar-refractivity contribution is -0.126. The third-order valence-corrected chi connectivity index (χ3v) is 2.89. The van der Waals surface area contributed by atoms with Crippen LogP contribution in [0.2, 0.25) is 0 Å². The summed E-state index contributed by atoms with van der Waals surface area (Å²) < 4.78 is 5.44. The normalized spacial score (nSPS) is 10.9. The van der Waals surface area contributed by atoms with Crippen LogP contribution in [0.1, 0.15) is 19.4 Å². The van der Waals surface area contributed by atoms with Gasteiger partial charge < -0.3 is 15.4 Å². The number of terminal acetylenes is 1. The fraction of sp³-hybridized carbons (Fsp3) is 0.471. The van der Waals surface area contributed by atoms with Crippen LogP contribution >= 0.6 is 0 Å². The van der Waals surface area contributed by atoms with Gasteiger partial charge >= 0.3 is 0 Å². The molecular formula is C17H24N2O2. The molecule has 2 N–H and O–H groups in total. The van der Waals surface area contributed by atoms with Crippen LogP contribution in [0.3, 0.4) is 0 Å². The first kappa shape index (κ1) is 17.2. The highest BCUT2D eigenvalue weighted by Crippen LogP contribution is 2.14. The number of amides is 1. The summed E-state index contributed by atoms with van der Waals surface area (Å²) in [5, 5.41) is 5.97. The topological polar surface area (TPSA) is 50.4 Å². The van der Waals surface area contributed by atoms with Crippen molar-refractivity contribution in [1.29, 1.82) is 0 Å². The van der Waals surface area contributed by atoms with Crippen LogP contribution < -0.4 is 10.6 Å². The van der Waals surface area contributed by atoms with Gasteiger partial charge in [0.1, 0.15) is 6.61 Å². The fourth-order valence-corrected chi connectivity index (χ4v) is 1.81. The van der Waals surface area contributed by atoms with Gasteiger partial charge in [-0.2, -0.15) is 0 Å². The Bertz CT molecular complexity index is 463. The van der Waals surface area contributed by atoms with E-state index in [1.165, 1.54) is 5.56 Å². The maximum absolute atomic E-state index is 11.3. The maximum atomic E-state index is 11.3. The summed E-state index contributed by atoms with van der Waals surface area (Å²) in [7, 11) is 0. The Hall–Kier alpha value is -1.83. The molecule has 1 aromatic carbocycles. The predicted octanol–water partition coefficient (Wildman–Crippen LogP) is 1.57. The lowest BCUT2D eigenvalue weighted by Gasteiger charge is -2.24. The zero-order chi connectivity index (χ0) is 15.6. The summed E-state index contributed by atoms with van der Waals surface area (Å²) in [6, 6.07) is 10.2. The molecule has 0 saturated heterocycles. The highest BCUT2D eigenvalue weighted by Gasteiger charge is 2.18. The molecule has 0 aliphatic carbocycles. The summed E-state index contributed by atoms with van der Waals surface area (Å²) in [6.45, 7) is 6.64. The SMILES string of the molecule is C#CCNC(=O)COCC(C)(C)CNCc1ccccc1. The van der Waals surface area contributed by atoms with Gasteiger partial charge in [0, 0.05) is 18.5 Å². The summed E-state index contributed by atoms with van der Waals surface area (Å²) in [6.07, 6.45) is 5.06. The molecule has 1 rings (SSSR count). The van der Waals surface area contributed by atoms with Crippen LogP contribution in [-0.4, -0.2) is 32.2 Å². The molecule has 0 atom stereocenters. The molecule has 0 aliphatic rings. The number of carbonyl (C=O) groups excluding carboxylic acids is 1. The Labute approximate surface area is 127 Å². The smallest absolute Gasteiger partial charge is 0.246 e. The molecule has 0 aromatic heterocycles. The van der Waals surface area contributed by atoms with Crippen LogP contribution in [-0.2, 0) is 16.1 Å². The highest BCUT2D eigenvalue weighted by molar-refractivity contribution is 5.77. The first-order chi connectivity index (χ1) is 10.0. The van der Waals surface area contributed by atoms with E-state index in [9.17, 15) is 4.79 Å². The van der Waals surface area contributed by atoms with Crippen LogP contribution in [0.15, 0.2) is 30.3 Å². The molecule has 0 spiro atoms. The lowest BCUT2D eigenvalue weighted by atomic mass is 9.95. The van der Waals surface area contributed by atoms with E-state index in [4.69, 9.17) is 11.2 Å². The Morgan fingerprint density at radius 1 is 1.33 bits per heavy atom. The number of hydrogen-bond donors (Lipinski definition) is 2. The van der Waals surface area contributed by atoms with Gasteiger partial charge in [-0.05, 0) is 5.56 Å². The Balaban J connectivity index is 2.18. The second kappa shape index (κ2) is 9.17. The maximum Gasteiger partial charge on any atom is 0.246 e. The van der Waals surface area contributed by atoms with Crippen LogP contribution in [0, 0.1) is 17.8 Å². The van der Waals surface area contributed by atoms with E-state index in [0.29, 0.717) is 6.61 Å². The quantitative estimate of drug-likeness (QED) is 0.678. The monoisotopic (exact) mass is 288 g/mol. The number of rotatable bonds is 9. The number of ether oxygens (including phenoxy) is 1. The van der Waals surface area contributed by atoms with Gasteiger partial charge in [0.2, 0.25) is 5.91 Å². The van der Waals surface area contributed by atoms with E-state index in [2.05, 4.69) is 42.5 Å². The zero-order valence-electron chi connectivity index (χ0n) is 12.8. The number of nitrogens with one attached hydrogen (secondary N) is 2. The van der Waals surface area contributed by atoms with Crippen molar-refractivity contribution in [2.24, 2.45) is 5.41 Å². The largest absolute Gasteiger partial charge is 0.371 e. The van der Waals surface area contributed by atoms with Crippen LogP contribution in [0.5, 0.6) is 0 Å². The van der Waals surface area contributed by atoms with Crippen molar-refractivity contribution in [2.75, 3.05) is 26.3 Å². The molecule has 1 aromatic rings. The Morgan fingerprint density at radius 2 is 2.05 bits per heavy atom. The molecule has 1 amide bonds. The Morgan fingerprint density at radius 3 is 2.71 bits per heavy atom. The van der Waals surface area contributed by atoms with Crippen molar-refractivity contribution in [3.8, 4) is 12.3 Å². The molecular weight excluding hydrogens is 264 g/mol. The second-order valence-corrected chi connectivity index (χ2v) is 5.73. The summed E-state index contributed by atoms with van der Waals surface area (Å²) >= 11 is 0. The molecule has 0 aliphatic heterocycles. The van der Waals surface area contributed by atoms with Crippen LogP contribution in [0.25, 0.3) is 0 Å². The first-order valence-corrected chi connectivity index (χ1v) is 7.06. The molecule has 4 nitrogen and oxygen atoms in total. The standard InChI is InChI=1S/C17H24N2O2/c1-4-10-19-16(20)12-21-14-17(2,3)13-18-11-15-8-6-5-7-9-15/h1,5-9,18H,10-14H2,2-3H3,(H,19,20). The minimum atomic E-state index is -0.180. The molecule has 4 heteroatoms. The van der Waals surface area contributed by atoms with Gasteiger partial charge in [0.25, 0.3) is 0 Å². The molecule has 0 bridgehead atoms. The van der Waals surface area contributed by atoms with E-state index < -0.39 is 0 Å². The molecule has 0 heterocycles. The van der Waals surface area contributed by atoms with Crippen molar-refractivity contribution in [1.82, 2.24) is 10.6 Å². The van der Waals surface area contributed by atoms with Gasteiger partial charge in [0.05, 0.1) is 13.2 Å². The van der Waals surface area contributed by atoms with E-state index in [1.807, 2.05) is 18.2 Å². The summed E-state index contributed by atoms with van der Waals surface area (Å²) in [5.74, 6) is 2.17. The summed E-state index contributed by atoms with van der Waals surface area (Å²) in [4.78, 5) is 11.3. The van der Waals surface area contributed by atoms with Crippen molar-refractivity contribution in [3.63, 3.8) is 0 Å². The third-order valence-electron chi connectivity index (χ3n) is 2.89. The van der Waals surface area contributed by atoms with Gasteiger partial charge in [-0.1, -0.05) is 50.1 Å². The van der Waals surface area contributed by atoms with Gasteiger partial charge in [-0.25, -0.2) is 0 Å². The molecule has 21 heavy (non-hydrogen) atoms. The fourth-order valence-electron chi connectivity index (χ4n) is 1.81. The molecule has 0 saturated carbocycles. The Kier molecular flexibility index (Phi) is 7.52. The van der Waals surface area contributed by atoms with Crippen molar-refractivity contribution < 1.29 is 9.53 Å². The zero-order valence-corrected chi connectivity index (χ0v) is 12.8. The molecule has 0 radical (unpaired) electrons. The molecule has 0 fully saturated rings. The number of hydrogen-bond acceptors (Lipinski definition) is 3. The average Bonchev–Trinajstić information content (AvgIpc) is 2.46. The highest BCUT2D eigenvalue weighted by atomic mass is 16.5. The van der Waals surface area contributed by atoms with E-state index >= 15 is 0 Å². The van der Waals surface area contributed by atoms with Gasteiger partial charge in [-0.15, -0.1) is 6.42 Å². The predicted molar refractivity (Wildman–Crippen MR) is 84.6 cm³/mol. The first-order valence-electron chi connectivity index (χ1n) is 7.06. The van der Waals surface area contributed by atoms with Crippen molar-refractivity contribution in [3.05, 3.63) is 35.9 Å². The van der Waals surface area contributed by atoms with E-state index in [-0.39, 0.29) is 24.5 Å². The average molecular weight is 288 g/mol. The summed E-state index contributed by atoms with van der Waals surface area (Å²) in [5.41, 5.74) is 1.21. The molecule has 114 valence electrons. The third kappa shape index (κ3) is 8.13. The molecule has 0 unspecified atom stereocenters. The van der Waals surface area contributed by atoms with E-state index in [0.717, 1.165) is 13.1 Å². The van der Waals surface area contributed by atoms with E-state index in [1.54, 1.807) is 0 Å². The lowest BCUT2D eigenvalue weighted by Crippen LogP contribution is -2.35. The van der Waals surface area contributed by atoms with Crippen molar-refractivity contribution in [2.45, 2.75) is 20.4 Å². The van der Waals surface area contributed by atoms with Crippen molar-refractivity contribution >= 4 is 5.91 Å². The minimum Gasteiger partial charge on any atom is -0.371 e. The van der Waals surface area contributed by atoms with Crippen LogP contribution in [0.4, 0.5) is 0 Å².